The SMILES string of the molecule is CCOc1c(OC)cc(CN2CC[C@@H]3[C@H](CCCN3C)C2)cc1OC. The Hall–Kier alpha value is -1.46. The summed E-state index contributed by atoms with van der Waals surface area (Å²) in [7, 11) is 5.66. The molecule has 0 unspecified atom stereocenters. The maximum Gasteiger partial charge on any atom is 0.203 e. The fraction of sp³-hybridized carbons (Fsp3) is 0.700. The summed E-state index contributed by atoms with van der Waals surface area (Å²) in [5.41, 5.74) is 1.22. The molecule has 0 saturated carbocycles. The van der Waals surface area contributed by atoms with E-state index >= 15 is 0 Å². The lowest BCUT2D eigenvalue weighted by Gasteiger charge is -2.46. The summed E-state index contributed by atoms with van der Waals surface area (Å²) in [6.45, 7) is 7.10. The summed E-state index contributed by atoms with van der Waals surface area (Å²) in [5.74, 6) is 3.01. The molecule has 2 fully saturated rings. The molecule has 5 heteroatoms. The summed E-state index contributed by atoms with van der Waals surface area (Å²) in [6, 6.07) is 4.95. The van der Waals surface area contributed by atoms with E-state index in [1.165, 1.54) is 37.9 Å². The number of ether oxygens (including phenoxy) is 3. The van der Waals surface area contributed by atoms with Crippen molar-refractivity contribution in [2.75, 3.05) is 47.5 Å². The number of rotatable bonds is 6. The van der Waals surface area contributed by atoms with Crippen molar-refractivity contribution in [3.05, 3.63) is 17.7 Å². The third-order valence-corrected chi connectivity index (χ3v) is 5.65. The minimum Gasteiger partial charge on any atom is -0.493 e. The molecule has 3 rings (SSSR count). The highest BCUT2D eigenvalue weighted by atomic mass is 16.5. The summed E-state index contributed by atoms with van der Waals surface area (Å²) < 4.78 is 16.8. The number of hydrogen-bond acceptors (Lipinski definition) is 5. The van der Waals surface area contributed by atoms with Crippen LogP contribution in [-0.2, 0) is 6.54 Å². The second kappa shape index (κ2) is 8.28. The molecular formula is C20H32N2O3. The first-order valence-corrected chi connectivity index (χ1v) is 9.46. The van der Waals surface area contributed by atoms with Gasteiger partial charge in [-0.25, -0.2) is 0 Å². The Labute approximate surface area is 151 Å². The maximum absolute atomic E-state index is 5.71. The first-order valence-electron chi connectivity index (χ1n) is 9.46. The molecule has 0 bridgehead atoms. The minimum atomic E-state index is 0.592. The highest BCUT2D eigenvalue weighted by molar-refractivity contribution is 5.53. The van der Waals surface area contributed by atoms with Gasteiger partial charge in [0.05, 0.1) is 20.8 Å². The van der Waals surface area contributed by atoms with E-state index in [1.807, 2.05) is 6.92 Å². The summed E-state index contributed by atoms with van der Waals surface area (Å²) in [6.07, 6.45) is 3.96. The summed E-state index contributed by atoms with van der Waals surface area (Å²) in [5, 5.41) is 0. The van der Waals surface area contributed by atoms with E-state index in [9.17, 15) is 0 Å². The van der Waals surface area contributed by atoms with Crippen LogP contribution in [-0.4, -0.2) is 63.4 Å². The van der Waals surface area contributed by atoms with Crippen molar-refractivity contribution in [2.24, 2.45) is 5.92 Å². The van der Waals surface area contributed by atoms with Crippen LogP contribution in [0.5, 0.6) is 17.2 Å². The van der Waals surface area contributed by atoms with Gasteiger partial charge >= 0.3 is 0 Å². The van der Waals surface area contributed by atoms with Crippen LogP contribution in [0.3, 0.4) is 0 Å². The van der Waals surface area contributed by atoms with E-state index in [4.69, 9.17) is 14.2 Å². The van der Waals surface area contributed by atoms with Crippen LogP contribution >= 0.6 is 0 Å². The van der Waals surface area contributed by atoms with Crippen molar-refractivity contribution in [1.82, 2.24) is 9.80 Å². The number of fused-ring (bicyclic) bond motifs is 1. The molecule has 140 valence electrons. The molecule has 2 atom stereocenters. The number of benzene rings is 1. The van der Waals surface area contributed by atoms with Crippen LogP contribution in [0, 0.1) is 5.92 Å². The van der Waals surface area contributed by atoms with Crippen molar-refractivity contribution in [3.8, 4) is 17.2 Å². The van der Waals surface area contributed by atoms with Crippen LogP contribution in [0.15, 0.2) is 12.1 Å². The zero-order chi connectivity index (χ0) is 17.8. The van der Waals surface area contributed by atoms with E-state index in [1.54, 1.807) is 14.2 Å². The third-order valence-electron chi connectivity index (χ3n) is 5.65. The lowest BCUT2D eigenvalue weighted by atomic mass is 9.84. The average Bonchev–Trinajstić information content (AvgIpc) is 2.63. The highest BCUT2D eigenvalue weighted by Gasteiger charge is 2.34. The molecule has 5 nitrogen and oxygen atoms in total. The van der Waals surface area contributed by atoms with Crippen molar-refractivity contribution >= 4 is 0 Å². The standard InChI is InChI=1S/C20H32N2O3/c1-5-25-20-18(23-3)11-15(12-19(20)24-4)13-22-10-8-17-16(14-22)7-6-9-21(17)2/h11-12,16-17H,5-10,13-14H2,1-4H3/t16-,17-/m1/s1. The molecule has 0 amide bonds. The Balaban J connectivity index is 1.72. The normalized spacial score (nSPS) is 24.6. The van der Waals surface area contributed by atoms with Gasteiger partial charge in [-0.05, 0) is 69.9 Å². The molecule has 0 N–H and O–H groups in total. The quantitative estimate of drug-likeness (QED) is 0.789. The van der Waals surface area contributed by atoms with E-state index in [0.717, 1.165) is 36.5 Å². The minimum absolute atomic E-state index is 0.592. The Morgan fingerprint density at radius 2 is 1.80 bits per heavy atom. The third kappa shape index (κ3) is 4.04. The smallest absolute Gasteiger partial charge is 0.203 e. The zero-order valence-electron chi connectivity index (χ0n) is 16.1. The van der Waals surface area contributed by atoms with Crippen LogP contribution in [0.25, 0.3) is 0 Å². The van der Waals surface area contributed by atoms with Gasteiger partial charge in [0.2, 0.25) is 5.75 Å². The van der Waals surface area contributed by atoms with Gasteiger partial charge in [0.15, 0.2) is 11.5 Å². The lowest BCUT2D eigenvalue weighted by Crippen LogP contribution is -2.52. The molecule has 25 heavy (non-hydrogen) atoms. The number of hydrogen-bond donors (Lipinski definition) is 0. The fourth-order valence-corrected chi connectivity index (χ4v) is 4.44. The molecule has 0 aliphatic carbocycles. The van der Waals surface area contributed by atoms with E-state index < -0.39 is 0 Å². The molecule has 0 radical (unpaired) electrons. The Morgan fingerprint density at radius 3 is 2.44 bits per heavy atom. The van der Waals surface area contributed by atoms with Crippen molar-refractivity contribution in [3.63, 3.8) is 0 Å². The Bertz CT molecular complexity index is 553. The van der Waals surface area contributed by atoms with Gasteiger partial charge in [-0.3, -0.25) is 4.90 Å². The molecule has 2 aliphatic heterocycles. The monoisotopic (exact) mass is 348 g/mol. The van der Waals surface area contributed by atoms with Crippen molar-refractivity contribution < 1.29 is 14.2 Å². The molecule has 1 aromatic carbocycles. The number of methoxy groups -OCH3 is 2. The van der Waals surface area contributed by atoms with Crippen LogP contribution < -0.4 is 14.2 Å². The number of likely N-dealkylation sites (tertiary alicyclic amines) is 2. The van der Waals surface area contributed by atoms with Crippen LogP contribution in [0.4, 0.5) is 0 Å². The molecule has 2 heterocycles. The predicted molar refractivity (Wildman–Crippen MR) is 99.8 cm³/mol. The fourth-order valence-electron chi connectivity index (χ4n) is 4.44. The van der Waals surface area contributed by atoms with Gasteiger partial charge < -0.3 is 19.1 Å². The van der Waals surface area contributed by atoms with E-state index in [2.05, 4.69) is 29.0 Å². The zero-order valence-corrected chi connectivity index (χ0v) is 16.1. The molecule has 0 spiro atoms. The highest BCUT2D eigenvalue weighted by Crippen LogP contribution is 2.39. The maximum atomic E-state index is 5.71. The second-order valence-electron chi connectivity index (χ2n) is 7.24. The first-order chi connectivity index (χ1) is 12.2. The Morgan fingerprint density at radius 1 is 1.08 bits per heavy atom. The predicted octanol–water partition coefficient (Wildman–Crippen LogP) is 3.02. The van der Waals surface area contributed by atoms with Crippen LogP contribution in [0.1, 0.15) is 31.7 Å². The summed E-state index contributed by atoms with van der Waals surface area (Å²) >= 11 is 0. The van der Waals surface area contributed by atoms with Gasteiger partial charge in [0, 0.05) is 19.1 Å². The molecule has 2 aliphatic rings. The van der Waals surface area contributed by atoms with Gasteiger partial charge in [-0.2, -0.15) is 0 Å². The number of nitrogens with zero attached hydrogens (tertiary/aromatic N) is 2. The molecule has 2 saturated heterocycles. The molecular weight excluding hydrogens is 316 g/mol. The molecule has 1 aromatic rings. The van der Waals surface area contributed by atoms with E-state index in [-0.39, 0.29) is 0 Å². The summed E-state index contributed by atoms with van der Waals surface area (Å²) in [4.78, 5) is 5.14. The van der Waals surface area contributed by atoms with Crippen molar-refractivity contribution in [2.45, 2.75) is 38.8 Å². The largest absolute Gasteiger partial charge is 0.493 e. The lowest BCUT2D eigenvalue weighted by molar-refractivity contribution is 0.0354. The van der Waals surface area contributed by atoms with Crippen LogP contribution in [0.2, 0.25) is 0 Å². The molecule has 0 aromatic heterocycles. The average molecular weight is 348 g/mol. The number of piperidine rings is 2. The topological polar surface area (TPSA) is 34.2 Å². The van der Waals surface area contributed by atoms with Gasteiger partial charge in [0.25, 0.3) is 0 Å². The van der Waals surface area contributed by atoms with Gasteiger partial charge in [-0.1, -0.05) is 0 Å². The second-order valence-corrected chi connectivity index (χ2v) is 7.24. The Kier molecular flexibility index (Phi) is 6.07. The van der Waals surface area contributed by atoms with E-state index in [0.29, 0.717) is 12.4 Å². The first kappa shape index (κ1) is 18.3. The van der Waals surface area contributed by atoms with Gasteiger partial charge in [-0.15, -0.1) is 0 Å². The van der Waals surface area contributed by atoms with Crippen molar-refractivity contribution in [1.29, 1.82) is 0 Å². The van der Waals surface area contributed by atoms with Gasteiger partial charge in [0.1, 0.15) is 0 Å².